The van der Waals surface area contributed by atoms with Gasteiger partial charge < -0.3 is 4.74 Å². The average molecular weight is 234 g/mol. The van der Waals surface area contributed by atoms with Gasteiger partial charge in [0.1, 0.15) is 5.75 Å². The quantitative estimate of drug-likeness (QED) is 0.633. The minimum atomic E-state index is 0.896. The summed E-state index contributed by atoms with van der Waals surface area (Å²) in [7, 11) is 1.70. The van der Waals surface area contributed by atoms with Gasteiger partial charge >= 0.3 is 0 Å². The Labute approximate surface area is 107 Å². The van der Waals surface area contributed by atoms with Crippen LogP contribution >= 0.6 is 0 Å². The summed E-state index contributed by atoms with van der Waals surface area (Å²) in [6.45, 7) is 0. The van der Waals surface area contributed by atoms with Crippen molar-refractivity contribution in [2.75, 3.05) is 7.11 Å². The van der Waals surface area contributed by atoms with E-state index in [9.17, 15) is 0 Å². The molecular weight excluding hydrogens is 220 g/mol. The van der Waals surface area contributed by atoms with E-state index in [1.165, 1.54) is 21.9 Å². The van der Waals surface area contributed by atoms with Gasteiger partial charge in [0, 0.05) is 0 Å². The fourth-order valence-corrected chi connectivity index (χ4v) is 2.26. The maximum absolute atomic E-state index is 5.27. The molecule has 3 aromatic carbocycles. The highest BCUT2D eigenvalue weighted by Gasteiger charge is 2.03. The van der Waals surface area contributed by atoms with E-state index in [1.54, 1.807) is 7.11 Å². The molecule has 0 N–H and O–H groups in total. The molecule has 0 aliphatic carbocycles. The summed E-state index contributed by atoms with van der Waals surface area (Å²) < 4.78 is 5.27. The van der Waals surface area contributed by atoms with Crippen molar-refractivity contribution in [3.8, 4) is 16.9 Å². The van der Waals surface area contributed by atoms with Crippen LogP contribution in [0.1, 0.15) is 0 Å². The molecule has 0 aliphatic rings. The molecule has 0 saturated heterocycles. The maximum Gasteiger partial charge on any atom is 0.119 e. The first-order valence-electron chi connectivity index (χ1n) is 6.01. The van der Waals surface area contributed by atoms with Crippen molar-refractivity contribution in [3.05, 3.63) is 66.7 Å². The van der Waals surface area contributed by atoms with Gasteiger partial charge in [0.05, 0.1) is 7.11 Å². The molecule has 0 spiro atoms. The normalized spacial score (nSPS) is 10.5. The van der Waals surface area contributed by atoms with Crippen LogP contribution in [-0.4, -0.2) is 7.11 Å². The van der Waals surface area contributed by atoms with Crippen molar-refractivity contribution in [2.24, 2.45) is 0 Å². The summed E-state index contributed by atoms with van der Waals surface area (Å²) in [6, 6.07) is 23.0. The molecule has 0 bridgehead atoms. The molecular formula is C17H14O. The smallest absolute Gasteiger partial charge is 0.119 e. The molecule has 1 heteroatoms. The first-order valence-corrected chi connectivity index (χ1v) is 6.01. The van der Waals surface area contributed by atoms with Crippen LogP contribution in [0.2, 0.25) is 0 Å². The third kappa shape index (κ3) is 1.84. The monoisotopic (exact) mass is 234 g/mol. The lowest BCUT2D eigenvalue weighted by Gasteiger charge is -2.08. The average Bonchev–Trinajstić information content (AvgIpc) is 2.47. The number of hydrogen-bond donors (Lipinski definition) is 0. The minimum Gasteiger partial charge on any atom is -0.497 e. The van der Waals surface area contributed by atoms with Gasteiger partial charge in [-0.1, -0.05) is 54.6 Å². The fourth-order valence-electron chi connectivity index (χ4n) is 2.26. The van der Waals surface area contributed by atoms with E-state index in [1.807, 2.05) is 12.1 Å². The van der Waals surface area contributed by atoms with Gasteiger partial charge in [-0.25, -0.2) is 0 Å². The molecule has 1 nitrogen and oxygen atoms in total. The topological polar surface area (TPSA) is 9.23 Å². The van der Waals surface area contributed by atoms with Crippen LogP contribution < -0.4 is 4.74 Å². The SMILES string of the molecule is COc1ccc2c(-c3ccccc3)cccc2c1. The van der Waals surface area contributed by atoms with E-state index in [0.29, 0.717) is 0 Å². The van der Waals surface area contributed by atoms with Gasteiger partial charge in [-0.05, 0) is 34.0 Å². The van der Waals surface area contributed by atoms with Crippen molar-refractivity contribution in [3.63, 3.8) is 0 Å². The Morgan fingerprint density at radius 3 is 2.39 bits per heavy atom. The molecule has 0 heterocycles. The van der Waals surface area contributed by atoms with E-state index in [-0.39, 0.29) is 0 Å². The zero-order valence-electron chi connectivity index (χ0n) is 10.3. The summed E-state index contributed by atoms with van der Waals surface area (Å²) in [4.78, 5) is 0. The van der Waals surface area contributed by atoms with Gasteiger partial charge in [-0.2, -0.15) is 0 Å². The van der Waals surface area contributed by atoms with Gasteiger partial charge in [0.25, 0.3) is 0 Å². The highest BCUT2D eigenvalue weighted by Crippen LogP contribution is 2.30. The number of methoxy groups -OCH3 is 1. The van der Waals surface area contributed by atoms with Gasteiger partial charge in [-0.15, -0.1) is 0 Å². The third-order valence-corrected chi connectivity index (χ3v) is 3.17. The van der Waals surface area contributed by atoms with E-state index in [2.05, 4.69) is 54.6 Å². The first kappa shape index (κ1) is 10.8. The summed E-state index contributed by atoms with van der Waals surface area (Å²) >= 11 is 0. The molecule has 0 saturated carbocycles. The van der Waals surface area contributed by atoms with Crippen molar-refractivity contribution in [2.45, 2.75) is 0 Å². The van der Waals surface area contributed by atoms with Crippen LogP contribution in [0, 0.1) is 0 Å². The molecule has 0 radical (unpaired) electrons. The van der Waals surface area contributed by atoms with Crippen LogP contribution in [0.15, 0.2) is 66.7 Å². The van der Waals surface area contributed by atoms with E-state index in [4.69, 9.17) is 4.74 Å². The van der Waals surface area contributed by atoms with Crippen molar-refractivity contribution < 1.29 is 4.74 Å². The summed E-state index contributed by atoms with van der Waals surface area (Å²) in [5.74, 6) is 0.896. The van der Waals surface area contributed by atoms with Gasteiger partial charge in [0.15, 0.2) is 0 Å². The lowest BCUT2D eigenvalue weighted by molar-refractivity contribution is 0.415. The van der Waals surface area contributed by atoms with Crippen LogP contribution in [0.3, 0.4) is 0 Å². The van der Waals surface area contributed by atoms with E-state index >= 15 is 0 Å². The first-order chi connectivity index (χ1) is 8.88. The summed E-state index contributed by atoms with van der Waals surface area (Å²) in [6.07, 6.45) is 0. The maximum atomic E-state index is 5.27. The predicted octanol–water partition coefficient (Wildman–Crippen LogP) is 4.52. The second-order valence-electron chi connectivity index (χ2n) is 4.26. The molecule has 0 fully saturated rings. The van der Waals surface area contributed by atoms with Crippen LogP contribution in [0.4, 0.5) is 0 Å². The second-order valence-corrected chi connectivity index (χ2v) is 4.26. The highest BCUT2D eigenvalue weighted by atomic mass is 16.5. The molecule has 3 aromatic rings. The van der Waals surface area contributed by atoms with Crippen molar-refractivity contribution >= 4 is 10.8 Å². The number of ether oxygens (including phenoxy) is 1. The zero-order valence-corrected chi connectivity index (χ0v) is 10.3. The lowest BCUT2D eigenvalue weighted by Crippen LogP contribution is -1.84. The highest BCUT2D eigenvalue weighted by molar-refractivity contribution is 5.97. The Morgan fingerprint density at radius 1 is 0.778 bits per heavy atom. The summed E-state index contributed by atoms with van der Waals surface area (Å²) in [5, 5.41) is 2.46. The molecule has 0 amide bonds. The third-order valence-electron chi connectivity index (χ3n) is 3.17. The Balaban J connectivity index is 2.25. The van der Waals surface area contributed by atoms with Crippen LogP contribution in [0.25, 0.3) is 21.9 Å². The van der Waals surface area contributed by atoms with Crippen molar-refractivity contribution in [1.82, 2.24) is 0 Å². The number of rotatable bonds is 2. The van der Waals surface area contributed by atoms with E-state index in [0.717, 1.165) is 5.75 Å². The standard InChI is InChI=1S/C17H14O/c1-18-15-10-11-17-14(12-15)8-5-9-16(17)13-6-3-2-4-7-13/h2-12H,1H3. The molecule has 0 aliphatic heterocycles. The van der Waals surface area contributed by atoms with Gasteiger partial charge in [-0.3, -0.25) is 0 Å². The fraction of sp³-hybridized carbons (Fsp3) is 0.0588. The molecule has 88 valence electrons. The Bertz CT molecular complexity index is 672. The zero-order chi connectivity index (χ0) is 12.4. The van der Waals surface area contributed by atoms with Gasteiger partial charge in [0.2, 0.25) is 0 Å². The lowest BCUT2D eigenvalue weighted by atomic mass is 9.98. The van der Waals surface area contributed by atoms with Crippen LogP contribution in [-0.2, 0) is 0 Å². The Hall–Kier alpha value is -2.28. The summed E-state index contributed by atoms with van der Waals surface area (Å²) in [5.41, 5.74) is 2.50. The minimum absolute atomic E-state index is 0.896. The molecule has 0 atom stereocenters. The van der Waals surface area contributed by atoms with Crippen molar-refractivity contribution in [1.29, 1.82) is 0 Å². The number of hydrogen-bond acceptors (Lipinski definition) is 1. The molecule has 0 unspecified atom stereocenters. The number of benzene rings is 3. The Morgan fingerprint density at radius 2 is 1.61 bits per heavy atom. The van der Waals surface area contributed by atoms with E-state index < -0.39 is 0 Å². The largest absolute Gasteiger partial charge is 0.497 e. The predicted molar refractivity (Wildman–Crippen MR) is 75.9 cm³/mol. The molecule has 0 aromatic heterocycles. The van der Waals surface area contributed by atoms with Crippen LogP contribution in [0.5, 0.6) is 5.75 Å². The number of fused-ring (bicyclic) bond motifs is 1. The molecule has 18 heavy (non-hydrogen) atoms. The second kappa shape index (κ2) is 4.53. The Kier molecular flexibility index (Phi) is 2.73. The molecule has 3 rings (SSSR count).